The Hall–Kier alpha value is -4.04. The predicted molar refractivity (Wildman–Crippen MR) is 128 cm³/mol. The summed E-state index contributed by atoms with van der Waals surface area (Å²) in [5.41, 5.74) is 6.42. The lowest BCUT2D eigenvalue weighted by Crippen LogP contribution is -2.33. The molecule has 0 amide bonds. The molecule has 2 heteroatoms. The van der Waals surface area contributed by atoms with Gasteiger partial charge >= 0.3 is 0 Å². The highest BCUT2D eigenvalue weighted by atomic mass is 16.3. The summed E-state index contributed by atoms with van der Waals surface area (Å²) in [5.74, 6) is 0. The molecule has 0 unspecified atom stereocenters. The molecule has 2 nitrogen and oxygen atoms in total. The SMILES string of the molecule is C=[N+]1C=c2ccccc2=C[C-]1c1c(C)ccc2c1[o+][c-]1cc(-c3ccccc3)ccc21. The minimum atomic E-state index is 0.902. The summed E-state index contributed by atoms with van der Waals surface area (Å²) >= 11 is 0. The first-order chi connectivity index (χ1) is 15.2. The van der Waals surface area contributed by atoms with Gasteiger partial charge in [-0.15, -0.1) is 12.1 Å². The number of furan rings is 1. The van der Waals surface area contributed by atoms with Crippen molar-refractivity contribution in [3.05, 3.63) is 113 Å². The van der Waals surface area contributed by atoms with Gasteiger partial charge in [0.15, 0.2) is 6.04 Å². The predicted octanol–water partition coefficient (Wildman–Crippen LogP) is 5.39. The fourth-order valence-electron chi connectivity index (χ4n) is 4.51. The second kappa shape index (κ2) is 6.75. The quantitative estimate of drug-likeness (QED) is 0.221. The first-order valence-corrected chi connectivity index (χ1v) is 10.5. The Morgan fingerprint density at radius 2 is 1.58 bits per heavy atom. The molecule has 4 aromatic carbocycles. The lowest BCUT2D eigenvalue weighted by atomic mass is 9.95. The summed E-state index contributed by atoms with van der Waals surface area (Å²) in [5, 5.41) is 4.62. The van der Waals surface area contributed by atoms with Crippen LogP contribution in [0.4, 0.5) is 0 Å². The molecule has 1 aliphatic rings. The summed E-state index contributed by atoms with van der Waals surface area (Å²) in [6.45, 7) is 6.41. The van der Waals surface area contributed by atoms with Gasteiger partial charge in [0.25, 0.3) is 11.2 Å². The average molecular weight is 399 g/mol. The second-order valence-electron chi connectivity index (χ2n) is 8.07. The van der Waals surface area contributed by atoms with Crippen molar-refractivity contribution in [2.24, 2.45) is 0 Å². The van der Waals surface area contributed by atoms with Gasteiger partial charge in [0.1, 0.15) is 6.20 Å². The van der Waals surface area contributed by atoms with Crippen molar-refractivity contribution in [2.75, 3.05) is 0 Å². The fraction of sp³-hybridized carbons (Fsp3) is 0.0345. The molecule has 6 rings (SSSR count). The van der Waals surface area contributed by atoms with Crippen LogP contribution in [0.15, 0.2) is 89.3 Å². The zero-order valence-corrected chi connectivity index (χ0v) is 17.3. The van der Waals surface area contributed by atoms with Crippen LogP contribution in [-0.2, 0) is 0 Å². The van der Waals surface area contributed by atoms with E-state index in [4.69, 9.17) is 4.42 Å². The van der Waals surface area contributed by atoms with Gasteiger partial charge in [-0.05, 0) is 28.1 Å². The summed E-state index contributed by atoms with van der Waals surface area (Å²) in [6, 6.07) is 30.6. The number of hydrogen-bond donors (Lipinski definition) is 0. The third-order valence-electron chi connectivity index (χ3n) is 6.11. The van der Waals surface area contributed by atoms with Gasteiger partial charge in [-0.2, -0.15) is 0 Å². The van der Waals surface area contributed by atoms with Crippen LogP contribution in [0.3, 0.4) is 0 Å². The first kappa shape index (κ1) is 17.8. The minimum absolute atomic E-state index is 0.902. The van der Waals surface area contributed by atoms with Gasteiger partial charge in [0, 0.05) is 0 Å². The van der Waals surface area contributed by atoms with E-state index in [1.54, 1.807) is 0 Å². The molecule has 0 aliphatic carbocycles. The Balaban J connectivity index is 1.59. The van der Waals surface area contributed by atoms with E-state index >= 15 is 0 Å². The molecule has 0 saturated carbocycles. The van der Waals surface area contributed by atoms with Crippen molar-refractivity contribution in [3.8, 4) is 11.1 Å². The normalized spacial score (nSPS) is 13.2. The summed E-state index contributed by atoms with van der Waals surface area (Å²) in [7, 11) is 0. The van der Waals surface area contributed by atoms with Gasteiger partial charge in [-0.25, -0.2) is 0 Å². The van der Waals surface area contributed by atoms with Crippen LogP contribution in [0.1, 0.15) is 11.1 Å². The number of rotatable bonds is 2. The standard InChI is InChI=1S/C29H21NO/c1-19-12-14-25-24-15-13-22(20-8-4-3-5-9-20)17-27(24)31-29(25)28(19)26-16-21-10-6-7-11-23(21)18-30(26)2/h3-18H,2H2,1H3. The highest BCUT2D eigenvalue weighted by molar-refractivity contribution is 6.08. The molecular formula is C29H21NO. The maximum Gasteiger partial charge on any atom is 0.279 e. The van der Waals surface area contributed by atoms with Crippen LogP contribution in [-0.4, -0.2) is 11.3 Å². The van der Waals surface area contributed by atoms with Crippen LogP contribution in [0.25, 0.3) is 45.3 Å². The number of benzene rings is 4. The van der Waals surface area contributed by atoms with Crippen molar-refractivity contribution >= 4 is 40.9 Å². The van der Waals surface area contributed by atoms with Crippen molar-refractivity contribution in [2.45, 2.75) is 6.92 Å². The Labute approximate surface area is 180 Å². The molecule has 0 atom stereocenters. The smallest absolute Gasteiger partial charge is 0.279 e. The number of hydrogen-bond acceptors (Lipinski definition) is 0. The summed E-state index contributed by atoms with van der Waals surface area (Å²) < 4.78 is 8.46. The highest BCUT2D eigenvalue weighted by Gasteiger charge is 2.26. The molecule has 0 fully saturated rings. The van der Waals surface area contributed by atoms with E-state index in [9.17, 15) is 0 Å². The fourth-order valence-corrected chi connectivity index (χ4v) is 4.51. The van der Waals surface area contributed by atoms with Crippen molar-refractivity contribution in [3.63, 3.8) is 0 Å². The summed E-state index contributed by atoms with van der Waals surface area (Å²) in [4.78, 5) is 0. The Kier molecular flexibility index (Phi) is 3.87. The van der Waals surface area contributed by atoms with E-state index in [-0.39, 0.29) is 0 Å². The second-order valence-corrected chi connectivity index (χ2v) is 8.07. The molecule has 0 saturated heterocycles. The van der Waals surface area contributed by atoms with Crippen molar-refractivity contribution in [1.82, 2.24) is 0 Å². The van der Waals surface area contributed by atoms with Crippen LogP contribution in [0.2, 0.25) is 0 Å². The third-order valence-corrected chi connectivity index (χ3v) is 6.11. The highest BCUT2D eigenvalue weighted by Crippen LogP contribution is 2.38. The van der Waals surface area contributed by atoms with Gasteiger partial charge in [0.2, 0.25) is 0 Å². The zero-order valence-electron chi connectivity index (χ0n) is 17.3. The summed E-state index contributed by atoms with van der Waals surface area (Å²) in [6.07, 6.45) is 4.28. The third kappa shape index (κ3) is 2.80. The molecule has 0 spiro atoms. The van der Waals surface area contributed by atoms with Crippen LogP contribution < -0.4 is 10.4 Å². The zero-order chi connectivity index (χ0) is 20.9. The van der Waals surface area contributed by atoms with Crippen LogP contribution >= 0.6 is 0 Å². The molecule has 0 bridgehead atoms. The van der Waals surface area contributed by atoms with Crippen LogP contribution in [0.5, 0.6) is 0 Å². The Morgan fingerprint density at radius 1 is 0.806 bits per heavy atom. The molecule has 0 radical (unpaired) electrons. The molecule has 2 heterocycles. The van der Waals surface area contributed by atoms with E-state index in [0.717, 1.165) is 39.1 Å². The van der Waals surface area contributed by atoms with E-state index in [1.165, 1.54) is 21.6 Å². The number of aryl methyl sites for hydroxylation is 1. The van der Waals surface area contributed by atoms with Gasteiger partial charge < -0.3 is 0 Å². The van der Waals surface area contributed by atoms with Crippen LogP contribution in [0, 0.1) is 13.0 Å². The lowest BCUT2D eigenvalue weighted by molar-refractivity contribution is -0.376. The number of nitrogens with zero attached hydrogens (tertiary/aromatic N) is 1. The molecule has 148 valence electrons. The molecule has 5 aromatic rings. The molecule has 31 heavy (non-hydrogen) atoms. The topological polar surface area (TPSA) is 14.3 Å². The maximum absolute atomic E-state index is 6.51. The average Bonchev–Trinajstić information content (AvgIpc) is 3.17. The Morgan fingerprint density at radius 3 is 2.42 bits per heavy atom. The van der Waals surface area contributed by atoms with E-state index in [2.05, 4.69) is 105 Å². The molecule has 1 aromatic heterocycles. The van der Waals surface area contributed by atoms with E-state index < -0.39 is 0 Å². The lowest BCUT2D eigenvalue weighted by Gasteiger charge is -2.18. The van der Waals surface area contributed by atoms with E-state index in [0.29, 0.717) is 0 Å². The van der Waals surface area contributed by atoms with Crippen molar-refractivity contribution < 1.29 is 8.99 Å². The van der Waals surface area contributed by atoms with Gasteiger partial charge in [0.05, 0.1) is 12.3 Å². The van der Waals surface area contributed by atoms with Crippen molar-refractivity contribution in [1.29, 1.82) is 0 Å². The molecule has 0 N–H and O–H groups in total. The number of fused-ring (bicyclic) bond motifs is 4. The monoisotopic (exact) mass is 399 g/mol. The van der Waals surface area contributed by atoms with Gasteiger partial charge in [-0.1, -0.05) is 95.6 Å². The molecule has 1 aliphatic heterocycles. The maximum atomic E-state index is 6.51. The first-order valence-electron chi connectivity index (χ1n) is 10.5. The minimum Gasteiger partial charge on any atom is -0.286 e. The Bertz CT molecular complexity index is 1610. The molecular weight excluding hydrogens is 378 g/mol. The largest absolute Gasteiger partial charge is 0.286 e. The van der Waals surface area contributed by atoms with E-state index in [1.807, 2.05) is 10.6 Å². The van der Waals surface area contributed by atoms with Gasteiger partial charge in [-0.3, -0.25) is 8.99 Å².